The summed E-state index contributed by atoms with van der Waals surface area (Å²) in [7, 11) is 0. The van der Waals surface area contributed by atoms with E-state index >= 15 is 0 Å². The molecule has 4 aromatic carbocycles. The van der Waals surface area contributed by atoms with E-state index in [1.54, 1.807) is 48.5 Å². The summed E-state index contributed by atoms with van der Waals surface area (Å²) in [5, 5.41) is 2.75. The highest BCUT2D eigenvalue weighted by Crippen LogP contribution is 2.29. The average molecular weight is 451 g/mol. The van der Waals surface area contributed by atoms with Gasteiger partial charge in [-0.25, -0.2) is 14.5 Å². The van der Waals surface area contributed by atoms with E-state index in [1.807, 2.05) is 60.7 Å². The fourth-order valence-corrected chi connectivity index (χ4v) is 3.54. The predicted octanol–water partition coefficient (Wildman–Crippen LogP) is 6.38. The number of carbonyl (C=O) groups is 2. The first-order valence-corrected chi connectivity index (χ1v) is 10.7. The van der Waals surface area contributed by atoms with Crippen LogP contribution in [-0.4, -0.2) is 18.7 Å². The molecule has 1 N–H and O–H groups in total. The molecule has 4 amide bonds. The molecule has 0 radical (unpaired) electrons. The van der Waals surface area contributed by atoms with Gasteiger partial charge >= 0.3 is 12.1 Å². The van der Waals surface area contributed by atoms with Gasteiger partial charge in [0.1, 0.15) is 29.7 Å². The molecule has 0 saturated carbocycles. The molecule has 0 bridgehead atoms. The summed E-state index contributed by atoms with van der Waals surface area (Å²) in [5.74, 6) is 2.68. The number of hydrogen-bond donors (Lipinski definition) is 1. The van der Waals surface area contributed by atoms with Crippen molar-refractivity contribution in [2.75, 3.05) is 16.5 Å². The fraction of sp³-hybridized carbons (Fsp3) is 0.0370. The lowest BCUT2D eigenvalue weighted by Crippen LogP contribution is -2.60. The van der Waals surface area contributed by atoms with Gasteiger partial charge in [-0.1, -0.05) is 36.4 Å². The summed E-state index contributed by atoms with van der Waals surface area (Å²) in [6, 6.07) is 31.8. The average Bonchev–Trinajstić information content (AvgIpc) is 2.87. The smallest absolute Gasteiger partial charge is 0.338 e. The van der Waals surface area contributed by atoms with Crippen LogP contribution < -0.4 is 24.6 Å². The molecule has 168 valence electrons. The number of benzene rings is 4. The molecule has 0 spiro atoms. The van der Waals surface area contributed by atoms with Crippen molar-refractivity contribution in [1.82, 2.24) is 5.32 Å². The van der Waals surface area contributed by atoms with Crippen molar-refractivity contribution in [1.29, 1.82) is 0 Å². The molecular weight excluding hydrogens is 430 g/mol. The van der Waals surface area contributed by atoms with Crippen molar-refractivity contribution in [3.8, 4) is 23.0 Å². The largest absolute Gasteiger partial charge is 0.457 e. The molecular formula is C27H21N3O4. The fourth-order valence-electron chi connectivity index (χ4n) is 3.54. The number of nitrogens with zero attached hydrogens (tertiary/aromatic N) is 2. The minimum Gasteiger partial charge on any atom is -0.457 e. The first-order valence-electron chi connectivity index (χ1n) is 10.7. The Hall–Kier alpha value is -4.78. The summed E-state index contributed by atoms with van der Waals surface area (Å²) in [6.07, 6.45) is 0. The van der Waals surface area contributed by atoms with Gasteiger partial charge in [0, 0.05) is 5.69 Å². The Kier molecular flexibility index (Phi) is 5.82. The molecule has 0 atom stereocenters. The van der Waals surface area contributed by atoms with E-state index in [0.717, 1.165) is 10.6 Å². The van der Waals surface area contributed by atoms with Crippen molar-refractivity contribution in [3.63, 3.8) is 0 Å². The van der Waals surface area contributed by atoms with Crippen LogP contribution in [0.2, 0.25) is 0 Å². The molecule has 7 heteroatoms. The number of imide groups is 1. The lowest BCUT2D eigenvalue weighted by molar-refractivity contribution is 0.231. The Labute approximate surface area is 196 Å². The Morgan fingerprint density at radius 3 is 1.50 bits per heavy atom. The molecule has 0 aromatic heterocycles. The minimum atomic E-state index is -0.484. The van der Waals surface area contributed by atoms with E-state index in [1.165, 1.54) is 4.90 Å². The third-order valence-electron chi connectivity index (χ3n) is 5.21. The highest BCUT2D eigenvalue weighted by molar-refractivity contribution is 6.20. The quantitative estimate of drug-likeness (QED) is 0.369. The zero-order valence-electron chi connectivity index (χ0n) is 18.1. The molecule has 1 aliphatic heterocycles. The summed E-state index contributed by atoms with van der Waals surface area (Å²) in [4.78, 5) is 28.3. The van der Waals surface area contributed by atoms with Crippen LogP contribution in [-0.2, 0) is 0 Å². The third-order valence-corrected chi connectivity index (χ3v) is 5.21. The monoisotopic (exact) mass is 451 g/mol. The maximum Gasteiger partial charge on any atom is 0.338 e. The molecule has 1 saturated heterocycles. The maximum atomic E-state index is 13.2. The summed E-state index contributed by atoms with van der Waals surface area (Å²) >= 11 is 0. The first kappa shape index (κ1) is 21.1. The molecule has 0 unspecified atom stereocenters. The number of amides is 4. The van der Waals surface area contributed by atoms with Gasteiger partial charge in [0.2, 0.25) is 0 Å². The van der Waals surface area contributed by atoms with Crippen LogP contribution in [0.3, 0.4) is 0 Å². The molecule has 1 fully saturated rings. The second-order valence-electron chi connectivity index (χ2n) is 7.50. The molecule has 0 aliphatic carbocycles. The molecule has 1 heterocycles. The molecule has 7 nitrogen and oxygen atoms in total. The van der Waals surface area contributed by atoms with Crippen molar-refractivity contribution in [3.05, 3.63) is 109 Å². The van der Waals surface area contributed by atoms with E-state index < -0.39 is 12.1 Å². The standard InChI is InChI=1S/C27H21N3O4/c31-26-28-19-29(20-11-15-24(16-12-20)33-22-7-3-1-4-8-22)27(32)30(26)21-13-17-25(18-14-21)34-23-9-5-2-6-10-23/h1-18H,19H2,(H,28,31). The van der Waals surface area contributed by atoms with Gasteiger partial charge < -0.3 is 14.8 Å². The van der Waals surface area contributed by atoms with Crippen LogP contribution in [0.15, 0.2) is 109 Å². The Balaban J connectivity index is 1.31. The van der Waals surface area contributed by atoms with E-state index in [-0.39, 0.29) is 6.67 Å². The summed E-state index contributed by atoms with van der Waals surface area (Å²) < 4.78 is 11.6. The second kappa shape index (κ2) is 9.38. The predicted molar refractivity (Wildman–Crippen MR) is 130 cm³/mol. The zero-order chi connectivity index (χ0) is 23.3. The Morgan fingerprint density at radius 2 is 1.00 bits per heavy atom. The number of nitrogens with one attached hydrogen (secondary N) is 1. The van der Waals surface area contributed by atoms with Gasteiger partial charge in [-0.2, -0.15) is 0 Å². The van der Waals surface area contributed by atoms with Crippen LogP contribution in [0.25, 0.3) is 0 Å². The lowest BCUT2D eigenvalue weighted by atomic mass is 10.2. The van der Waals surface area contributed by atoms with E-state index in [0.29, 0.717) is 28.6 Å². The number of carbonyl (C=O) groups excluding carboxylic acids is 2. The zero-order valence-corrected chi connectivity index (χ0v) is 18.1. The van der Waals surface area contributed by atoms with Crippen molar-refractivity contribution in [2.24, 2.45) is 0 Å². The Morgan fingerprint density at radius 1 is 0.559 bits per heavy atom. The maximum absolute atomic E-state index is 13.2. The topological polar surface area (TPSA) is 71.1 Å². The lowest BCUT2D eigenvalue weighted by Gasteiger charge is -2.34. The van der Waals surface area contributed by atoms with Gasteiger partial charge in [-0.05, 0) is 72.8 Å². The SMILES string of the molecule is O=C1NCN(c2ccc(Oc3ccccc3)cc2)C(=O)N1c1ccc(Oc2ccccc2)cc1. The van der Waals surface area contributed by atoms with E-state index in [2.05, 4.69) is 5.32 Å². The number of rotatable bonds is 6. The molecule has 34 heavy (non-hydrogen) atoms. The second-order valence-corrected chi connectivity index (χ2v) is 7.50. The highest BCUT2D eigenvalue weighted by atomic mass is 16.5. The minimum absolute atomic E-state index is 0.0717. The molecule has 1 aliphatic rings. The van der Waals surface area contributed by atoms with Gasteiger partial charge in [-0.15, -0.1) is 0 Å². The number of hydrogen-bond acceptors (Lipinski definition) is 4. The summed E-state index contributed by atoms with van der Waals surface area (Å²) in [6.45, 7) is 0.0717. The van der Waals surface area contributed by atoms with Gasteiger partial charge in [0.15, 0.2) is 0 Å². The Bertz CT molecular complexity index is 1280. The molecule has 4 aromatic rings. The number of anilines is 2. The first-order chi connectivity index (χ1) is 16.7. The van der Waals surface area contributed by atoms with E-state index in [4.69, 9.17) is 9.47 Å². The van der Waals surface area contributed by atoms with E-state index in [9.17, 15) is 9.59 Å². The van der Waals surface area contributed by atoms with Crippen LogP contribution in [0.4, 0.5) is 21.0 Å². The third kappa shape index (κ3) is 4.54. The van der Waals surface area contributed by atoms with Gasteiger partial charge in [0.25, 0.3) is 0 Å². The normalized spacial score (nSPS) is 13.4. The van der Waals surface area contributed by atoms with Crippen molar-refractivity contribution in [2.45, 2.75) is 0 Å². The van der Waals surface area contributed by atoms with Crippen LogP contribution >= 0.6 is 0 Å². The van der Waals surface area contributed by atoms with Crippen molar-refractivity contribution < 1.29 is 19.1 Å². The van der Waals surface area contributed by atoms with Crippen LogP contribution in [0.1, 0.15) is 0 Å². The number of ether oxygens (including phenoxy) is 2. The number of para-hydroxylation sites is 2. The van der Waals surface area contributed by atoms with Crippen LogP contribution in [0, 0.1) is 0 Å². The van der Waals surface area contributed by atoms with Crippen molar-refractivity contribution >= 4 is 23.4 Å². The summed E-state index contributed by atoms with van der Waals surface area (Å²) in [5.41, 5.74) is 1.08. The van der Waals surface area contributed by atoms with Crippen LogP contribution in [0.5, 0.6) is 23.0 Å². The van der Waals surface area contributed by atoms with Gasteiger partial charge in [-0.3, -0.25) is 4.90 Å². The number of urea groups is 2. The van der Waals surface area contributed by atoms with Gasteiger partial charge in [0.05, 0.1) is 5.69 Å². The molecule has 5 rings (SSSR count). The highest BCUT2D eigenvalue weighted by Gasteiger charge is 2.34.